The number of anilines is 3. The van der Waals surface area contributed by atoms with E-state index >= 15 is 0 Å². The van der Waals surface area contributed by atoms with E-state index in [2.05, 4.69) is 20.3 Å². The minimum atomic E-state index is -0.578. The Bertz CT molecular complexity index is 844. The normalized spacial score (nSPS) is 9.88. The lowest BCUT2D eigenvalue weighted by molar-refractivity contribution is -0.115. The molecule has 0 saturated carbocycles. The van der Waals surface area contributed by atoms with E-state index in [9.17, 15) is 9.59 Å². The van der Waals surface area contributed by atoms with Crippen molar-refractivity contribution in [2.24, 2.45) is 0 Å². The lowest BCUT2D eigenvalue weighted by Crippen LogP contribution is -2.17. The van der Waals surface area contributed by atoms with E-state index in [4.69, 9.17) is 15.7 Å². The number of nitrogens with one attached hydrogen (secondary N) is 1. The number of aromatic nitrogens is 3. The maximum absolute atomic E-state index is 12.1. The van der Waals surface area contributed by atoms with Crippen LogP contribution in [0.25, 0.3) is 0 Å². The van der Waals surface area contributed by atoms with Crippen molar-refractivity contribution in [2.45, 2.75) is 13.0 Å². The molecule has 0 aliphatic carbocycles. The molecule has 0 aliphatic heterocycles. The summed E-state index contributed by atoms with van der Waals surface area (Å²) >= 11 is 0. The Morgan fingerprint density at radius 3 is 2.54 bits per heavy atom. The standard InChI is InChI=1S/C16H17N7O3/c1-23(2)16-21-12(20-15(18)22-16)9-26-14(25)10-3-5-11(6-4-10)19-13(24)7-8-17/h3-6H,7,9H2,1-2H3,(H,19,24)(H2,18,20,21,22). The first kappa shape index (κ1) is 18.6. The first-order valence-corrected chi connectivity index (χ1v) is 7.51. The van der Waals surface area contributed by atoms with E-state index in [0.29, 0.717) is 11.6 Å². The number of nitriles is 1. The van der Waals surface area contributed by atoms with Crippen LogP contribution in [0.5, 0.6) is 0 Å². The Balaban J connectivity index is 1.98. The Morgan fingerprint density at radius 1 is 1.23 bits per heavy atom. The third-order valence-electron chi connectivity index (χ3n) is 3.06. The summed E-state index contributed by atoms with van der Waals surface area (Å²) in [5, 5.41) is 11.0. The second-order valence-electron chi connectivity index (χ2n) is 5.34. The summed E-state index contributed by atoms with van der Waals surface area (Å²) in [5.41, 5.74) is 6.37. The van der Waals surface area contributed by atoms with Gasteiger partial charge in [-0.15, -0.1) is 0 Å². The molecule has 10 heteroatoms. The number of ether oxygens (including phenoxy) is 1. The van der Waals surface area contributed by atoms with Gasteiger partial charge in [-0.25, -0.2) is 4.79 Å². The van der Waals surface area contributed by atoms with E-state index in [-0.39, 0.29) is 30.4 Å². The van der Waals surface area contributed by atoms with Crippen LogP contribution >= 0.6 is 0 Å². The number of amides is 1. The fourth-order valence-electron chi connectivity index (χ4n) is 1.87. The Morgan fingerprint density at radius 2 is 1.92 bits per heavy atom. The van der Waals surface area contributed by atoms with Crippen LogP contribution in [-0.2, 0) is 16.1 Å². The van der Waals surface area contributed by atoms with Gasteiger partial charge in [0.15, 0.2) is 12.4 Å². The first-order valence-electron chi connectivity index (χ1n) is 7.51. The lowest BCUT2D eigenvalue weighted by Gasteiger charge is -2.11. The lowest BCUT2D eigenvalue weighted by atomic mass is 10.2. The van der Waals surface area contributed by atoms with Gasteiger partial charge in [-0.05, 0) is 24.3 Å². The van der Waals surface area contributed by atoms with Gasteiger partial charge in [0.1, 0.15) is 6.42 Å². The monoisotopic (exact) mass is 355 g/mol. The van der Waals surface area contributed by atoms with Crippen molar-refractivity contribution < 1.29 is 14.3 Å². The van der Waals surface area contributed by atoms with Crippen LogP contribution in [-0.4, -0.2) is 40.9 Å². The molecular weight excluding hydrogens is 338 g/mol. The highest BCUT2D eigenvalue weighted by molar-refractivity contribution is 5.93. The molecular formula is C16H17N7O3. The molecule has 0 spiro atoms. The minimum absolute atomic E-state index is 0.0345. The number of rotatable bonds is 6. The smallest absolute Gasteiger partial charge is 0.338 e. The van der Waals surface area contributed by atoms with Crippen molar-refractivity contribution in [3.8, 4) is 6.07 Å². The molecule has 1 aromatic heterocycles. The molecule has 0 aliphatic rings. The molecule has 1 aromatic carbocycles. The maximum atomic E-state index is 12.1. The highest BCUT2D eigenvalue weighted by Crippen LogP contribution is 2.12. The molecule has 134 valence electrons. The van der Waals surface area contributed by atoms with Crippen molar-refractivity contribution >= 4 is 29.5 Å². The summed E-state index contributed by atoms with van der Waals surface area (Å²) in [6.07, 6.45) is -0.242. The molecule has 2 aromatic rings. The highest BCUT2D eigenvalue weighted by Gasteiger charge is 2.11. The van der Waals surface area contributed by atoms with Crippen molar-refractivity contribution in [2.75, 3.05) is 30.0 Å². The molecule has 26 heavy (non-hydrogen) atoms. The van der Waals surface area contributed by atoms with Crippen molar-refractivity contribution in [1.29, 1.82) is 5.26 Å². The van der Waals surface area contributed by atoms with Gasteiger partial charge in [0.2, 0.25) is 17.8 Å². The average Bonchev–Trinajstić information content (AvgIpc) is 2.60. The summed E-state index contributed by atoms with van der Waals surface area (Å²) < 4.78 is 5.17. The molecule has 0 atom stereocenters. The van der Waals surface area contributed by atoms with Gasteiger partial charge < -0.3 is 20.7 Å². The van der Waals surface area contributed by atoms with Crippen LogP contribution < -0.4 is 16.0 Å². The summed E-state index contributed by atoms with van der Waals surface area (Å²) in [6.45, 7) is -0.160. The molecule has 0 bridgehead atoms. The number of nitrogens with zero attached hydrogens (tertiary/aromatic N) is 5. The van der Waals surface area contributed by atoms with Crippen LogP contribution in [0.4, 0.5) is 17.6 Å². The van der Waals surface area contributed by atoms with E-state index in [0.717, 1.165) is 0 Å². The molecule has 1 heterocycles. The van der Waals surface area contributed by atoms with Crippen LogP contribution in [0.2, 0.25) is 0 Å². The number of benzene rings is 1. The second-order valence-corrected chi connectivity index (χ2v) is 5.34. The van der Waals surface area contributed by atoms with Gasteiger partial charge in [-0.3, -0.25) is 4.79 Å². The molecule has 3 N–H and O–H groups in total. The predicted octanol–water partition coefficient (Wildman–Crippen LogP) is 0.729. The van der Waals surface area contributed by atoms with Gasteiger partial charge in [0.25, 0.3) is 0 Å². The number of carbonyl (C=O) groups excluding carboxylic acids is 2. The van der Waals surface area contributed by atoms with Crippen molar-refractivity contribution in [3.05, 3.63) is 35.7 Å². The van der Waals surface area contributed by atoms with Crippen LogP contribution in [0.1, 0.15) is 22.6 Å². The third kappa shape index (κ3) is 5.13. The first-order chi connectivity index (χ1) is 12.4. The number of esters is 1. The topological polar surface area (TPSA) is 147 Å². The van der Waals surface area contributed by atoms with E-state index < -0.39 is 11.9 Å². The molecule has 2 rings (SSSR count). The Kier molecular flexibility index (Phi) is 6.00. The number of hydrogen-bond donors (Lipinski definition) is 2. The molecule has 0 fully saturated rings. The minimum Gasteiger partial charge on any atom is -0.454 e. The average molecular weight is 355 g/mol. The van der Waals surface area contributed by atoms with E-state index in [1.54, 1.807) is 25.1 Å². The fraction of sp³-hybridized carbons (Fsp3) is 0.250. The third-order valence-corrected chi connectivity index (χ3v) is 3.06. The molecule has 10 nitrogen and oxygen atoms in total. The molecule has 0 saturated heterocycles. The second kappa shape index (κ2) is 8.39. The van der Waals surface area contributed by atoms with Gasteiger partial charge in [0.05, 0.1) is 11.6 Å². The summed E-state index contributed by atoms with van der Waals surface area (Å²) in [7, 11) is 3.50. The maximum Gasteiger partial charge on any atom is 0.338 e. The molecule has 0 radical (unpaired) electrons. The van der Waals surface area contributed by atoms with Gasteiger partial charge in [-0.2, -0.15) is 20.2 Å². The number of nitrogens with two attached hydrogens (primary N) is 1. The number of hydrogen-bond acceptors (Lipinski definition) is 9. The van der Waals surface area contributed by atoms with Crippen LogP contribution in [0, 0.1) is 11.3 Å². The number of carbonyl (C=O) groups is 2. The SMILES string of the molecule is CN(C)c1nc(N)nc(COC(=O)c2ccc(NC(=O)CC#N)cc2)n1. The van der Waals surface area contributed by atoms with Gasteiger partial charge >= 0.3 is 5.97 Å². The zero-order valence-corrected chi connectivity index (χ0v) is 14.3. The zero-order valence-electron chi connectivity index (χ0n) is 14.3. The molecule has 0 unspecified atom stereocenters. The quantitative estimate of drug-likeness (QED) is 0.715. The zero-order chi connectivity index (χ0) is 19.1. The Labute approximate surface area is 149 Å². The summed E-state index contributed by atoms with van der Waals surface area (Å²) in [6, 6.07) is 7.82. The fourth-order valence-corrected chi connectivity index (χ4v) is 1.87. The van der Waals surface area contributed by atoms with E-state index in [1.165, 1.54) is 24.3 Å². The van der Waals surface area contributed by atoms with Crippen molar-refractivity contribution in [3.63, 3.8) is 0 Å². The van der Waals surface area contributed by atoms with E-state index in [1.807, 2.05) is 0 Å². The van der Waals surface area contributed by atoms with Crippen LogP contribution in [0.3, 0.4) is 0 Å². The summed E-state index contributed by atoms with van der Waals surface area (Å²) in [4.78, 5) is 37.1. The highest BCUT2D eigenvalue weighted by atomic mass is 16.5. The summed E-state index contributed by atoms with van der Waals surface area (Å²) in [5.74, 6) is -0.375. The Hall–Kier alpha value is -3.74. The van der Waals surface area contributed by atoms with Gasteiger partial charge in [-0.1, -0.05) is 0 Å². The van der Waals surface area contributed by atoms with Crippen LogP contribution in [0.15, 0.2) is 24.3 Å². The number of nitrogen functional groups attached to an aromatic ring is 1. The predicted molar refractivity (Wildman–Crippen MR) is 93.0 cm³/mol. The largest absolute Gasteiger partial charge is 0.454 e. The van der Waals surface area contributed by atoms with Crippen molar-refractivity contribution in [1.82, 2.24) is 15.0 Å². The van der Waals surface area contributed by atoms with Gasteiger partial charge in [0, 0.05) is 19.8 Å². The molecule has 1 amide bonds.